The first-order chi connectivity index (χ1) is 16.1. The van der Waals surface area contributed by atoms with Crippen molar-refractivity contribution in [2.45, 2.75) is 39.5 Å². The number of hydrogen-bond acceptors (Lipinski definition) is 5. The second-order valence-corrected chi connectivity index (χ2v) is 8.82. The predicted molar refractivity (Wildman–Crippen MR) is 132 cm³/mol. The molecule has 0 aliphatic heterocycles. The Morgan fingerprint density at radius 2 is 1.38 bits per heavy atom. The van der Waals surface area contributed by atoms with Gasteiger partial charge in [0, 0.05) is 29.3 Å². The van der Waals surface area contributed by atoms with Crippen LogP contribution in [0.5, 0.6) is 11.5 Å². The normalized spacial score (nSPS) is 10.9. The average molecular weight is 461 g/mol. The van der Waals surface area contributed by atoms with Gasteiger partial charge >= 0.3 is 5.97 Å². The molecule has 0 saturated carbocycles. The van der Waals surface area contributed by atoms with Crippen LogP contribution in [0.25, 0.3) is 0 Å². The largest absolute Gasteiger partial charge is 0.506 e. The second-order valence-electron chi connectivity index (χ2n) is 8.82. The fourth-order valence-electron chi connectivity index (χ4n) is 3.11. The van der Waals surface area contributed by atoms with E-state index in [9.17, 15) is 19.5 Å². The first-order valence-corrected chi connectivity index (χ1v) is 10.9. The van der Waals surface area contributed by atoms with Gasteiger partial charge in [-0.3, -0.25) is 14.4 Å². The zero-order chi connectivity index (χ0) is 24.9. The summed E-state index contributed by atoms with van der Waals surface area (Å²) in [5.74, 6) is -0.935. The van der Waals surface area contributed by atoms with Crippen molar-refractivity contribution in [3.8, 4) is 11.5 Å². The van der Waals surface area contributed by atoms with Gasteiger partial charge in [0.1, 0.15) is 11.5 Å². The zero-order valence-electron chi connectivity index (χ0n) is 19.6. The molecule has 0 unspecified atom stereocenters. The molecular weight excluding hydrogens is 432 g/mol. The number of phenols is 1. The molecule has 0 radical (unpaired) electrons. The molecule has 0 aliphatic rings. The number of rotatable bonds is 6. The fourth-order valence-corrected chi connectivity index (χ4v) is 3.11. The van der Waals surface area contributed by atoms with Gasteiger partial charge < -0.3 is 20.5 Å². The molecular formula is C27H28N2O5. The Bertz CT molecular complexity index is 1190. The molecule has 0 heterocycles. The predicted octanol–water partition coefficient (Wildman–Crippen LogP) is 5.51. The lowest BCUT2D eigenvalue weighted by molar-refractivity contribution is -0.134. The number of hydrogen-bond donors (Lipinski definition) is 3. The summed E-state index contributed by atoms with van der Waals surface area (Å²) in [7, 11) is 0. The number of amides is 2. The lowest BCUT2D eigenvalue weighted by Crippen LogP contribution is -2.15. The van der Waals surface area contributed by atoms with E-state index in [1.54, 1.807) is 25.1 Å². The summed E-state index contributed by atoms with van der Waals surface area (Å²) >= 11 is 0. The van der Waals surface area contributed by atoms with E-state index in [0.717, 1.165) is 5.56 Å². The number of phenolic OH excluding ortho intramolecular Hbond substituents is 1. The van der Waals surface area contributed by atoms with Crippen LogP contribution in [0.1, 0.15) is 60.4 Å². The number of aromatic hydroxyl groups is 1. The highest BCUT2D eigenvalue weighted by Crippen LogP contribution is 2.28. The molecule has 0 saturated heterocycles. The molecule has 176 valence electrons. The third-order valence-electron chi connectivity index (χ3n) is 5.15. The van der Waals surface area contributed by atoms with Crippen molar-refractivity contribution in [1.82, 2.24) is 0 Å². The maximum Gasteiger partial charge on any atom is 0.310 e. The van der Waals surface area contributed by atoms with Gasteiger partial charge in [0.15, 0.2) is 0 Å². The maximum absolute atomic E-state index is 12.6. The van der Waals surface area contributed by atoms with Gasteiger partial charge in [-0.2, -0.15) is 0 Å². The second kappa shape index (κ2) is 10.2. The topological polar surface area (TPSA) is 105 Å². The molecule has 7 heteroatoms. The number of nitrogens with one attached hydrogen (secondary N) is 2. The zero-order valence-corrected chi connectivity index (χ0v) is 19.6. The molecule has 3 aromatic carbocycles. The van der Waals surface area contributed by atoms with E-state index in [-0.39, 0.29) is 35.1 Å². The van der Waals surface area contributed by atoms with E-state index in [1.165, 1.54) is 36.4 Å². The highest BCUT2D eigenvalue weighted by molar-refractivity contribution is 6.06. The van der Waals surface area contributed by atoms with Crippen molar-refractivity contribution in [3.05, 3.63) is 83.4 Å². The third kappa shape index (κ3) is 6.22. The number of carbonyl (C=O) groups excluding carboxylic acids is 3. The summed E-state index contributed by atoms with van der Waals surface area (Å²) in [6, 6.07) is 17.9. The molecule has 0 atom stereocenters. The monoisotopic (exact) mass is 460 g/mol. The molecule has 0 aliphatic carbocycles. The SMILES string of the molecule is CCC(=O)Oc1ccc(C(=O)Nc2ccc(NC(=O)c3ccc(C(C)(C)C)cc3)c(O)c2)cc1. The Morgan fingerprint density at radius 3 is 1.91 bits per heavy atom. The molecule has 0 aromatic heterocycles. The van der Waals surface area contributed by atoms with Crippen LogP contribution in [-0.4, -0.2) is 22.9 Å². The van der Waals surface area contributed by atoms with E-state index < -0.39 is 5.91 Å². The third-order valence-corrected chi connectivity index (χ3v) is 5.15. The van der Waals surface area contributed by atoms with E-state index in [0.29, 0.717) is 22.6 Å². The van der Waals surface area contributed by atoms with Gasteiger partial charge in [-0.05, 0) is 59.5 Å². The van der Waals surface area contributed by atoms with Crippen LogP contribution in [-0.2, 0) is 10.2 Å². The average Bonchev–Trinajstić information content (AvgIpc) is 2.80. The van der Waals surface area contributed by atoms with Crippen LogP contribution in [0.3, 0.4) is 0 Å². The smallest absolute Gasteiger partial charge is 0.310 e. The number of ether oxygens (including phenoxy) is 1. The van der Waals surface area contributed by atoms with E-state index in [2.05, 4.69) is 31.4 Å². The molecule has 7 nitrogen and oxygen atoms in total. The van der Waals surface area contributed by atoms with Crippen LogP contribution in [0.15, 0.2) is 66.7 Å². The van der Waals surface area contributed by atoms with Gasteiger partial charge in [-0.25, -0.2) is 0 Å². The van der Waals surface area contributed by atoms with Gasteiger partial charge in [0.2, 0.25) is 0 Å². The fraction of sp³-hybridized carbons (Fsp3) is 0.222. The first kappa shape index (κ1) is 24.5. The van der Waals surface area contributed by atoms with E-state index >= 15 is 0 Å². The van der Waals surface area contributed by atoms with Gasteiger partial charge in [0.25, 0.3) is 11.8 Å². The molecule has 0 bridgehead atoms. The van der Waals surface area contributed by atoms with Crippen molar-refractivity contribution < 1.29 is 24.2 Å². The Labute approximate surface area is 198 Å². The molecule has 3 N–H and O–H groups in total. The molecule has 34 heavy (non-hydrogen) atoms. The highest BCUT2D eigenvalue weighted by Gasteiger charge is 2.15. The van der Waals surface area contributed by atoms with Gasteiger partial charge in [-0.1, -0.05) is 39.8 Å². The lowest BCUT2D eigenvalue weighted by Gasteiger charge is -2.19. The minimum atomic E-state index is -0.400. The van der Waals surface area contributed by atoms with Crippen LogP contribution in [0.2, 0.25) is 0 Å². The number of anilines is 2. The molecule has 3 rings (SSSR count). The molecule has 0 fully saturated rings. The highest BCUT2D eigenvalue weighted by atomic mass is 16.5. The lowest BCUT2D eigenvalue weighted by atomic mass is 9.87. The van der Waals surface area contributed by atoms with E-state index in [1.807, 2.05) is 12.1 Å². The Hall–Kier alpha value is -4.13. The molecule has 3 aromatic rings. The maximum atomic E-state index is 12.6. The molecule has 0 spiro atoms. The minimum absolute atomic E-state index is 0.0164. The summed E-state index contributed by atoms with van der Waals surface area (Å²) in [6.45, 7) is 7.99. The van der Waals surface area contributed by atoms with Crippen molar-refractivity contribution in [2.75, 3.05) is 10.6 Å². The van der Waals surface area contributed by atoms with Gasteiger partial charge in [-0.15, -0.1) is 0 Å². The van der Waals surface area contributed by atoms with E-state index in [4.69, 9.17) is 4.74 Å². The summed E-state index contributed by atoms with van der Waals surface area (Å²) in [5, 5.41) is 15.7. The van der Waals surface area contributed by atoms with Crippen LogP contribution < -0.4 is 15.4 Å². The van der Waals surface area contributed by atoms with Gasteiger partial charge in [0.05, 0.1) is 5.69 Å². The number of benzene rings is 3. The quantitative estimate of drug-likeness (QED) is 0.256. The first-order valence-electron chi connectivity index (χ1n) is 10.9. The standard InChI is InChI=1S/C27H28N2O5/c1-5-24(31)34-21-13-8-18(9-14-21)25(32)28-20-12-15-22(23(30)16-20)29-26(33)17-6-10-19(11-7-17)27(2,3)4/h6-16,30H,5H2,1-4H3,(H,28,32)(H,29,33). The summed E-state index contributed by atoms with van der Waals surface area (Å²) in [5.41, 5.74) is 2.51. The minimum Gasteiger partial charge on any atom is -0.506 e. The van der Waals surface area contributed by atoms with Crippen molar-refractivity contribution in [3.63, 3.8) is 0 Å². The Morgan fingerprint density at radius 1 is 0.824 bits per heavy atom. The summed E-state index contributed by atoms with van der Waals surface area (Å²) in [4.78, 5) is 36.4. The number of esters is 1. The summed E-state index contributed by atoms with van der Waals surface area (Å²) < 4.78 is 5.09. The van der Waals surface area contributed by atoms with Crippen molar-refractivity contribution in [2.24, 2.45) is 0 Å². The number of carbonyl (C=O) groups is 3. The van der Waals surface area contributed by atoms with Crippen LogP contribution >= 0.6 is 0 Å². The van der Waals surface area contributed by atoms with Crippen LogP contribution in [0.4, 0.5) is 11.4 Å². The summed E-state index contributed by atoms with van der Waals surface area (Å²) in [6.07, 6.45) is 0.256. The van der Waals surface area contributed by atoms with Crippen molar-refractivity contribution in [1.29, 1.82) is 0 Å². The molecule has 2 amide bonds. The Kier molecular flexibility index (Phi) is 7.36. The van der Waals surface area contributed by atoms with Crippen LogP contribution in [0, 0.1) is 0 Å². The Balaban J connectivity index is 1.64. The van der Waals surface area contributed by atoms with Crippen molar-refractivity contribution >= 4 is 29.2 Å².